The van der Waals surface area contributed by atoms with Crippen LogP contribution in [-0.4, -0.2) is 4.98 Å². The van der Waals surface area contributed by atoms with E-state index in [0.29, 0.717) is 12.1 Å². The molecule has 0 bridgehead atoms. The summed E-state index contributed by atoms with van der Waals surface area (Å²) in [7, 11) is 0. The first-order valence-corrected chi connectivity index (χ1v) is 5.14. The number of nitrogens with one attached hydrogen (secondary N) is 1. The number of aromatic nitrogens is 1. The van der Waals surface area contributed by atoms with Gasteiger partial charge in [0.1, 0.15) is 5.82 Å². The fourth-order valence-corrected chi connectivity index (χ4v) is 1.46. The van der Waals surface area contributed by atoms with Crippen LogP contribution in [0, 0.1) is 12.7 Å². The molecule has 0 amide bonds. The van der Waals surface area contributed by atoms with Gasteiger partial charge in [0.05, 0.1) is 0 Å². The van der Waals surface area contributed by atoms with E-state index >= 15 is 0 Å². The lowest BCUT2D eigenvalue weighted by Crippen LogP contribution is -2.00. The molecule has 16 heavy (non-hydrogen) atoms. The highest BCUT2D eigenvalue weighted by atomic mass is 19.1. The smallest absolute Gasteiger partial charge is 0.126 e. The lowest BCUT2D eigenvalue weighted by molar-refractivity contribution is 0.618. The van der Waals surface area contributed by atoms with Crippen LogP contribution in [0.1, 0.15) is 11.1 Å². The van der Waals surface area contributed by atoms with Gasteiger partial charge in [0.15, 0.2) is 0 Å². The lowest BCUT2D eigenvalue weighted by atomic mass is 10.2. The zero-order valence-corrected chi connectivity index (χ0v) is 9.07. The van der Waals surface area contributed by atoms with Crippen LogP contribution in [0.15, 0.2) is 42.7 Å². The Morgan fingerprint density at radius 2 is 2.19 bits per heavy atom. The van der Waals surface area contributed by atoms with Crippen molar-refractivity contribution >= 4 is 5.69 Å². The van der Waals surface area contributed by atoms with E-state index in [9.17, 15) is 4.39 Å². The summed E-state index contributed by atoms with van der Waals surface area (Å²) in [6.45, 7) is 2.45. The van der Waals surface area contributed by atoms with E-state index in [0.717, 1.165) is 11.3 Å². The Balaban J connectivity index is 2.03. The number of halogens is 1. The zero-order valence-electron chi connectivity index (χ0n) is 9.07. The largest absolute Gasteiger partial charge is 0.381 e. The van der Waals surface area contributed by atoms with E-state index in [1.165, 1.54) is 6.07 Å². The van der Waals surface area contributed by atoms with Gasteiger partial charge in [-0.1, -0.05) is 6.07 Å². The highest BCUT2D eigenvalue weighted by Gasteiger charge is 1.98. The maximum absolute atomic E-state index is 13.0. The van der Waals surface area contributed by atoms with E-state index in [2.05, 4.69) is 10.3 Å². The third-order valence-electron chi connectivity index (χ3n) is 2.38. The average Bonchev–Trinajstić information content (AvgIpc) is 2.32. The molecule has 0 fully saturated rings. The average molecular weight is 216 g/mol. The molecule has 0 atom stereocenters. The van der Waals surface area contributed by atoms with Crippen LogP contribution < -0.4 is 5.32 Å². The first-order valence-electron chi connectivity index (χ1n) is 5.14. The second-order valence-corrected chi connectivity index (χ2v) is 3.68. The van der Waals surface area contributed by atoms with Crippen LogP contribution in [0.5, 0.6) is 0 Å². The molecule has 82 valence electrons. The third kappa shape index (κ3) is 2.57. The fraction of sp³-hybridized carbons (Fsp3) is 0.154. The van der Waals surface area contributed by atoms with Crippen LogP contribution in [0.4, 0.5) is 10.1 Å². The lowest BCUT2D eigenvalue weighted by Gasteiger charge is -2.07. The molecule has 0 aliphatic carbocycles. The van der Waals surface area contributed by atoms with Crippen molar-refractivity contribution < 1.29 is 4.39 Å². The number of nitrogens with zero attached hydrogens (tertiary/aromatic N) is 1. The van der Waals surface area contributed by atoms with Crippen LogP contribution in [-0.2, 0) is 6.54 Å². The van der Waals surface area contributed by atoms with Gasteiger partial charge in [0.25, 0.3) is 0 Å². The van der Waals surface area contributed by atoms with Gasteiger partial charge in [-0.25, -0.2) is 4.39 Å². The summed E-state index contributed by atoms with van der Waals surface area (Å²) in [6.07, 6.45) is 3.55. The minimum Gasteiger partial charge on any atom is -0.381 e. The van der Waals surface area contributed by atoms with E-state index in [4.69, 9.17) is 0 Å². The van der Waals surface area contributed by atoms with Crippen molar-refractivity contribution in [2.45, 2.75) is 13.5 Å². The molecular weight excluding hydrogens is 203 g/mol. The Morgan fingerprint density at radius 3 is 2.88 bits per heavy atom. The van der Waals surface area contributed by atoms with E-state index in [1.807, 2.05) is 18.3 Å². The predicted octanol–water partition coefficient (Wildman–Crippen LogP) is 3.14. The first-order chi connectivity index (χ1) is 7.75. The minimum absolute atomic E-state index is 0.174. The summed E-state index contributed by atoms with van der Waals surface area (Å²) in [6, 6.07) is 8.90. The summed E-state index contributed by atoms with van der Waals surface area (Å²) < 4.78 is 13.0. The number of aryl methyl sites for hydroxylation is 1. The van der Waals surface area contributed by atoms with Crippen molar-refractivity contribution in [3.8, 4) is 0 Å². The first kappa shape index (κ1) is 10.6. The number of rotatable bonds is 3. The third-order valence-corrected chi connectivity index (χ3v) is 2.38. The molecule has 1 aromatic carbocycles. The standard InChI is InChI=1S/C13H13FN2/c1-10-7-12(4-5-13(10)14)16-9-11-3-2-6-15-8-11/h2-8,16H,9H2,1H3. The second kappa shape index (κ2) is 4.75. The Hall–Kier alpha value is -1.90. The molecule has 1 N–H and O–H groups in total. The molecule has 0 saturated carbocycles. The molecule has 2 rings (SSSR count). The highest BCUT2D eigenvalue weighted by Crippen LogP contribution is 2.14. The molecule has 0 unspecified atom stereocenters. The van der Waals surface area contributed by atoms with Crippen molar-refractivity contribution in [2.75, 3.05) is 5.32 Å². The predicted molar refractivity (Wildman–Crippen MR) is 62.7 cm³/mol. The molecule has 1 heterocycles. The van der Waals surface area contributed by atoms with Crippen LogP contribution in [0.25, 0.3) is 0 Å². The summed E-state index contributed by atoms with van der Waals surface area (Å²) in [4.78, 5) is 4.03. The SMILES string of the molecule is Cc1cc(NCc2cccnc2)ccc1F. The van der Waals surface area contributed by atoms with Crippen molar-refractivity contribution in [2.24, 2.45) is 0 Å². The Labute approximate surface area is 94.2 Å². The van der Waals surface area contributed by atoms with E-state index in [-0.39, 0.29) is 5.82 Å². The summed E-state index contributed by atoms with van der Waals surface area (Å²) in [5.41, 5.74) is 2.67. The molecule has 2 aromatic rings. The number of hydrogen-bond acceptors (Lipinski definition) is 2. The van der Waals surface area contributed by atoms with E-state index in [1.54, 1.807) is 25.3 Å². The molecule has 0 aliphatic rings. The van der Waals surface area contributed by atoms with Crippen LogP contribution >= 0.6 is 0 Å². The maximum Gasteiger partial charge on any atom is 0.126 e. The number of anilines is 1. The monoisotopic (exact) mass is 216 g/mol. The molecule has 0 aliphatic heterocycles. The zero-order chi connectivity index (χ0) is 11.4. The maximum atomic E-state index is 13.0. The quantitative estimate of drug-likeness (QED) is 0.852. The Kier molecular flexibility index (Phi) is 3.15. The number of hydrogen-bond donors (Lipinski definition) is 1. The van der Waals surface area contributed by atoms with Gasteiger partial charge in [-0.2, -0.15) is 0 Å². The summed E-state index contributed by atoms with van der Waals surface area (Å²) in [5, 5.41) is 3.22. The molecule has 0 saturated heterocycles. The molecule has 1 aromatic heterocycles. The van der Waals surface area contributed by atoms with Gasteiger partial charge in [0.2, 0.25) is 0 Å². The molecule has 0 spiro atoms. The molecular formula is C13H13FN2. The van der Waals surface area contributed by atoms with Crippen LogP contribution in [0.3, 0.4) is 0 Å². The van der Waals surface area contributed by atoms with Crippen LogP contribution in [0.2, 0.25) is 0 Å². The van der Waals surface area contributed by atoms with Crippen molar-refractivity contribution in [1.29, 1.82) is 0 Å². The van der Waals surface area contributed by atoms with Crippen molar-refractivity contribution in [1.82, 2.24) is 4.98 Å². The van der Waals surface area contributed by atoms with Gasteiger partial charge in [0, 0.05) is 24.6 Å². The molecule has 3 heteroatoms. The Morgan fingerprint density at radius 1 is 1.31 bits per heavy atom. The van der Waals surface area contributed by atoms with Gasteiger partial charge >= 0.3 is 0 Å². The van der Waals surface area contributed by atoms with Crippen molar-refractivity contribution in [3.05, 3.63) is 59.7 Å². The van der Waals surface area contributed by atoms with Crippen molar-refractivity contribution in [3.63, 3.8) is 0 Å². The topological polar surface area (TPSA) is 24.9 Å². The molecule has 0 radical (unpaired) electrons. The second-order valence-electron chi connectivity index (χ2n) is 3.68. The van der Waals surface area contributed by atoms with Gasteiger partial charge in [-0.3, -0.25) is 4.98 Å². The van der Waals surface area contributed by atoms with E-state index < -0.39 is 0 Å². The van der Waals surface area contributed by atoms with Gasteiger partial charge < -0.3 is 5.32 Å². The van der Waals surface area contributed by atoms with Gasteiger partial charge in [-0.15, -0.1) is 0 Å². The summed E-state index contributed by atoms with van der Waals surface area (Å²) >= 11 is 0. The highest BCUT2D eigenvalue weighted by molar-refractivity contribution is 5.46. The Bertz CT molecular complexity index is 469. The van der Waals surface area contributed by atoms with Gasteiger partial charge in [-0.05, 0) is 42.3 Å². The summed E-state index contributed by atoms with van der Waals surface area (Å²) in [5.74, 6) is -0.174. The number of pyridine rings is 1. The fourth-order valence-electron chi connectivity index (χ4n) is 1.46. The number of benzene rings is 1. The molecule has 2 nitrogen and oxygen atoms in total. The minimum atomic E-state index is -0.174. The normalized spacial score (nSPS) is 10.1.